The molecule has 1 aromatic carbocycles. The van der Waals surface area contributed by atoms with Crippen LogP contribution in [-0.2, 0) is 6.42 Å². The molecule has 3 aromatic rings. The number of hydrogen-bond donors (Lipinski definition) is 1. The first-order chi connectivity index (χ1) is 10.2. The quantitative estimate of drug-likeness (QED) is 0.739. The van der Waals surface area contributed by atoms with Crippen LogP contribution in [0, 0.1) is 0 Å². The zero-order chi connectivity index (χ0) is 14.7. The van der Waals surface area contributed by atoms with Crippen LogP contribution in [0.5, 0.6) is 0 Å². The van der Waals surface area contributed by atoms with Crippen LogP contribution in [-0.4, -0.2) is 20.1 Å². The van der Waals surface area contributed by atoms with Gasteiger partial charge in [-0.15, -0.1) is 0 Å². The van der Waals surface area contributed by atoms with Gasteiger partial charge in [0.15, 0.2) is 0 Å². The number of benzene rings is 1. The lowest BCUT2D eigenvalue weighted by Crippen LogP contribution is -1.99. The molecule has 3 rings (SSSR count). The van der Waals surface area contributed by atoms with Gasteiger partial charge in [-0.3, -0.25) is 0 Å². The molecule has 1 atom stereocenters. The molecule has 0 saturated heterocycles. The zero-order valence-corrected chi connectivity index (χ0v) is 11.6. The van der Waals surface area contributed by atoms with Gasteiger partial charge in [-0.05, 0) is 29.7 Å². The van der Waals surface area contributed by atoms with Crippen LogP contribution in [0.4, 0.5) is 5.69 Å². The summed E-state index contributed by atoms with van der Waals surface area (Å²) in [5.74, 6) is 1.71. The van der Waals surface area contributed by atoms with E-state index in [-0.39, 0.29) is 5.92 Å². The molecule has 0 spiro atoms. The Morgan fingerprint density at radius 3 is 2.52 bits per heavy atom. The van der Waals surface area contributed by atoms with Crippen LogP contribution in [0.2, 0.25) is 0 Å². The average Bonchev–Trinajstić information content (AvgIpc) is 2.97. The van der Waals surface area contributed by atoms with Crippen molar-refractivity contribution >= 4 is 5.69 Å². The summed E-state index contributed by atoms with van der Waals surface area (Å²) in [7, 11) is 0. The molecule has 0 radical (unpaired) electrons. The first-order valence-corrected chi connectivity index (χ1v) is 6.68. The highest BCUT2D eigenvalue weighted by Crippen LogP contribution is 2.21. The molecule has 0 aliphatic carbocycles. The minimum Gasteiger partial charge on any atom is -0.399 e. The van der Waals surface area contributed by atoms with Crippen LogP contribution in [0.1, 0.15) is 24.3 Å². The molecule has 6 nitrogen and oxygen atoms in total. The monoisotopic (exact) mass is 281 g/mol. The van der Waals surface area contributed by atoms with Gasteiger partial charge in [0.1, 0.15) is 0 Å². The third-order valence-electron chi connectivity index (χ3n) is 3.22. The van der Waals surface area contributed by atoms with Crippen LogP contribution >= 0.6 is 0 Å². The minimum atomic E-state index is 0.260. The Balaban J connectivity index is 1.74. The molecular formula is C15H15N5O. The first kappa shape index (κ1) is 13.2. The number of nitrogens with zero attached hydrogens (tertiary/aromatic N) is 4. The second kappa shape index (κ2) is 5.70. The van der Waals surface area contributed by atoms with E-state index < -0.39 is 0 Å². The van der Waals surface area contributed by atoms with Gasteiger partial charge in [-0.25, -0.2) is 9.97 Å². The summed E-state index contributed by atoms with van der Waals surface area (Å²) in [6.07, 6.45) is 3.95. The SMILES string of the molecule is CC(Cc1nc(-c2ncccn2)no1)c1ccc(N)cc1. The fraction of sp³-hybridized carbons (Fsp3) is 0.200. The summed E-state index contributed by atoms with van der Waals surface area (Å²) in [4.78, 5) is 12.5. The molecule has 0 aliphatic rings. The lowest BCUT2D eigenvalue weighted by atomic mass is 9.98. The van der Waals surface area contributed by atoms with Gasteiger partial charge in [-0.1, -0.05) is 24.2 Å². The third kappa shape index (κ3) is 3.05. The summed E-state index contributed by atoms with van der Waals surface area (Å²) in [6, 6.07) is 9.55. The maximum absolute atomic E-state index is 5.69. The number of nitrogen functional groups attached to an aromatic ring is 1. The summed E-state index contributed by atoms with van der Waals surface area (Å²) in [6.45, 7) is 2.11. The van der Waals surface area contributed by atoms with Crippen LogP contribution in [0.15, 0.2) is 47.2 Å². The van der Waals surface area contributed by atoms with Crippen molar-refractivity contribution in [2.24, 2.45) is 0 Å². The Kier molecular flexibility index (Phi) is 3.59. The van der Waals surface area contributed by atoms with Crippen molar-refractivity contribution in [1.29, 1.82) is 0 Å². The topological polar surface area (TPSA) is 90.7 Å². The molecule has 2 aromatic heterocycles. The van der Waals surface area contributed by atoms with Crippen molar-refractivity contribution in [3.05, 3.63) is 54.2 Å². The Morgan fingerprint density at radius 2 is 1.81 bits per heavy atom. The predicted octanol–water partition coefficient (Wildman–Crippen LogP) is 2.46. The average molecular weight is 281 g/mol. The Hall–Kier alpha value is -2.76. The maximum atomic E-state index is 5.69. The minimum absolute atomic E-state index is 0.260. The number of rotatable bonds is 4. The zero-order valence-electron chi connectivity index (χ0n) is 11.6. The fourth-order valence-electron chi connectivity index (χ4n) is 2.05. The molecule has 1 unspecified atom stereocenters. The van der Waals surface area contributed by atoms with Crippen molar-refractivity contribution < 1.29 is 4.52 Å². The van der Waals surface area contributed by atoms with Gasteiger partial charge in [0.2, 0.25) is 17.5 Å². The summed E-state index contributed by atoms with van der Waals surface area (Å²) < 4.78 is 5.27. The summed E-state index contributed by atoms with van der Waals surface area (Å²) in [5.41, 5.74) is 7.63. The molecule has 0 amide bonds. The number of hydrogen-bond acceptors (Lipinski definition) is 6. The van der Waals surface area contributed by atoms with E-state index in [4.69, 9.17) is 10.3 Å². The molecule has 0 fully saturated rings. The highest BCUT2D eigenvalue weighted by molar-refractivity contribution is 5.41. The number of aromatic nitrogens is 4. The van der Waals surface area contributed by atoms with E-state index in [0.717, 1.165) is 5.69 Å². The predicted molar refractivity (Wildman–Crippen MR) is 78.3 cm³/mol. The molecule has 0 aliphatic heterocycles. The third-order valence-corrected chi connectivity index (χ3v) is 3.22. The lowest BCUT2D eigenvalue weighted by molar-refractivity contribution is 0.371. The molecule has 2 heterocycles. The van der Waals surface area contributed by atoms with Gasteiger partial charge in [0.05, 0.1) is 0 Å². The smallest absolute Gasteiger partial charge is 0.240 e. The standard InChI is InChI=1S/C15H15N5O/c1-10(11-3-5-12(16)6-4-11)9-13-19-15(20-21-13)14-17-7-2-8-18-14/h2-8,10H,9,16H2,1H3. The first-order valence-electron chi connectivity index (χ1n) is 6.68. The lowest BCUT2D eigenvalue weighted by Gasteiger charge is -2.08. The fourth-order valence-corrected chi connectivity index (χ4v) is 2.05. The molecule has 0 bridgehead atoms. The van der Waals surface area contributed by atoms with E-state index in [2.05, 4.69) is 27.0 Å². The van der Waals surface area contributed by atoms with E-state index in [0.29, 0.717) is 24.0 Å². The summed E-state index contributed by atoms with van der Waals surface area (Å²) in [5, 5.41) is 3.92. The second-order valence-corrected chi connectivity index (χ2v) is 4.86. The van der Waals surface area contributed by atoms with Gasteiger partial charge < -0.3 is 10.3 Å². The molecule has 6 heteroatoms. The van der Waals surface area contributed by atoms with Gasteiger partial charge in [-0.2, -0.15) is 4.98 Å². The van der Waals surface area contributed by atoms with E-state index >= 15 is 0 Å². The normalized spacial score (nSPS) is 12.2. The van der Waals surface area contributed by atoms with Crippen LogP contribution in [0.3, 0.4) is 0 Å². The Labute approximate surface area is 122 Å². The summed E-state index contributed by atoms with van der Waals surface area (Å²) >= 11 is 0. The Morgan fingerprint density at radius 1 is 1.10 bits per heavy atom. The largest absolute Gasteiger partial charge is 0.399 e. The number of anilines is 1. The van der Waals surface area contributed by atoms with Crippen molar-refractivity contribution in [3.8, 4) is 11.6 Å². The molecule has 2 N–H and O–H groups in total. The molecule has 0 saturated carbocycles. The van der Waals surface area contributed by atoms with Gasteiger partial charge >= 0.3 is 0 Å². The van der Waals surface area contributed by atoms with Gasteiger partial charge in [0, 0.05) is 24.5 Å². The molecule has 21 heavy (non-hydrogen) atoms. The highest BCUT2D eigenvalue weighted by atomic mass is 16.5. The molecular weight excluding hydrogens is 266 g/mol. The Bertz CT molecular complexity index is 708. The van der Waals surface area contributed by atoms with Crippen molar-refractivity contribution in [2.75, 3.05) is 5.73 Å². The van der Waals surface area contributed by atoms with Crippen LogP contribution in [0.25, 0.3) is 11.6 Å². The molecule has 106 valence electrons. The van der Waals surface area contributed by atoms with E-state index in [1.165, 1.54) is 5.56 Å². The van der Waals surface area contributed by atoms with Gasteiger partial charge in [0.25, 0.3) is 0 Å². The second-order valence-electron chi connectivity index (χ2n) is 4.86. The van der Waals surface area contributed by atoms with E-state index in [1.54, 1.807) is 18.5 Å². The highest BCUT2D eigenvalue weighted by Gasteiger charge is 2.14. The van der Waals surface area contributed by atoms with Crippen LogP contribution < -0.4 is 5.73 Å². The van der Waals surface area contributed by atoms with Crippen molar-refractivity contribution in [2.45, 2.75) is 19.3 Å². The van der Waals surface area contributed by atoms with E-state index in [9.17, 15) is 0 Å². The van der Waals surface area contributed by atoms with Crippen molar-refractivity contribution in [1.82, 2.24) is 20.1 Å². The maximum Gasteiger partial charge on any atom is 0.240 e. The number of nitrogens with two attached hydrogens (primary N) is 1. The van der Waals surface area contributed by atoms with E-state index in [1.807, 2.05) is 24.3 Å². The van der Waals surface area contributed by atoms with Crippen molar-refractivity contribution in [3.63, 3.8) is 0 Å².